The van der Waals surface area contributed by atoms with Crippen molar-refractivity contribution in [2.45, 2.75) is 92.5 Å². The molecule has 2 aromatic heterocycles. The molecule has 3 nitrogen and oxygen atoms in total. The van der Waals surface area contributed by atoms with E-state index in [1.54, 1.807) is 0 Å². The van der Waals surface area contributed by atoms with E-state index in [0.29, 0.717) is 0 Å². The number of thiophene rings is 1. The first kappa shape index (κ1) is 43.1. The molecule has 4 aromatic carbocycles. The molecule has 0 saturated heterocycles. The summed E-state index contributed by atoms with van der Waals surface area (Å²) in [5, 5.41) is 16.4. The van der Waals surface area contributed by atoms with Gasteiger partial charge in [-0.1, -0.05) is 145 Å². The summed E-state index contributed by atoms with van der Waals surface area (Å²) >= 11 is 1.94. The summed E-state index contributed by atoms with van der Waals surface area (Å²) in [5.41, 5.74) is 3.47. The number of allylic oxidation sites excluding steroid dienone is 2. The standard InChI is InChI=1S/C35H32NSSi.C13H24O2.Ir/c1-5-38(28-15-8-6-9-16-28,29-17-10-7-11-18-29)32-24-26-20-21-36-33(34(26)37-32)27-22-25-14-12-13-19-30(25)31(23-27)35(2,3)4;1-5-10(6-2)12(14)9-13(15)11(7-3)8-4;/h6-21,23-24H,5H2,1-4H3;9-11,14H,5-8H2,1-4H3;/q-1;;/b;12-9-;. The first-order valence-electron chi connectivity index (χ1n) is 19.4. The van der Waals surface area contributed by atoms with Gasteiger partial charge in [0.05, 0.1) is 5.76 Å². The van der Waals surface area contributed by atoms with Crippen molar-refractivity contribution < 1.29 is 30.0 Å². The van der Waals surface area contributed by atoms with Gasteiger partial charge in [-0.2, -0.15) is 11.3 Å². The van der Waals surface area contributed by atoms with Crippen molar-refractivity contribution >= 4 is 60.9 Å². The summed E-state index contributed by atoms with van der Waals surface area (Å²) in [6.07, 6.45) is 6.87. The van der Waals surface area contributed by atoms with Gasteiger partial charge in [0.25, 0.3) is 0 Å². The maximum Gasteiger partial charge on any atom is 0.162 e. The van der Waals surface area contributed by atoms with Crippen molar-refractivity contribution in [1.29, 1.82) is 0 Å². The summed E-state index contributed by atoms with van der Waals surface area (Å²) in [7, 11) is -2.21. The first-order valence-corrected chi connectivity index (χ1v) is 22.4. The zero-order valence-electron chi connectivity index (χ0n) is 33.2. The Morgan fingerprint density at radius 2 is 1.35 bits per heavy atom. The van der Waals surface area contributed by atoms with Crippen molar-refractivity contribution in [3.05, 3.63) is 133 Å². The molecule has 0 unspecified atom stereocenters. The number of aromatic nitrogens is 1. The third-order valence-corrected chi connectivity index (χ3v) is 17.8. The van der Waals surface area contributed by atoms with Crippen molar-refractivity contribution in [3.8, 4) is 11.3 Å². The molecule has 0 aliphatic heterocycles. The number of benzene rings is 4. The monoisotopic (exact) mass is 931 g/mol. The maximum atomic E-state index is 11.7. The number of ketones is 1. The predicted molar refractivity (Wildman–Crippen MR) is 232 cm³/mol. The summed E-state index contributed by atoms with van der Waals surface area (Å²) in [4.78, 5) is 16.7. The summed E-state index contributed by atoms with van der Waals surface area (Å²) in [5.74, 6) is 0.547. The van der Waals surface area contributed by atoms with E-state index in [4.69, 9.17) is 4.98 Å². The molecule has 1 N–H and O–H groups in total. The van der Waals surface area contributed by atoms with Gasteiger partial charge in [-0.3, -0.25) is 9.78 Å². The number of aliphatic hydroxyl groups excluding tert-OH is 1. The normalized spacial score (nSPS) is 12.1. The van der Waals surface area contributed by atoms with Crippen LogP contribution in [-0.4, -0.2) is 23.9 Å². The number of aliphatic hydroxyl groups is 1. The van der Waals surface area contributed by atoms with E-state index in [2.05, 4.69) is 137 Å². The molecular weight excluding hydrogens is 875 g/mol. The molecule has 1 radical (unpaired) electrons. The Balaban J connectivity index is 0.000000347. The SMILES string of the molecule is CCC(CC)C(=O)/C=C(\O)C(CC)CC.CC[Si](c1ccccc1)(c1ccccc1)c1cc2ccnc(-c3[c-]c4ccccc4c(C(C)(C)C)c3)c2s1.[Ir]. The van der Waals surface area contributed by atoms with Crippen LogP contribution >= 0.6 is 11.3 Å². The molecule has 0 saturated carbocycles. The Morgan fingerprint density at radius 3 is 1.89 bits per heavy atom. The van der Waals surface area contributed by atoms with Crippen molar-refractivity contribution in [3.63, 3.8) is 0 Å². The van der Waals surface area contributed by atoms with Crippen molar-refractivity contribution in [2.75, 3.05) is 0 Å². The van der Waals surface area contributed by atoms with Gasteiger partial charge in [-0.25, -0.2) is 0 Å². The molecule has 0 spiro atoms. The number of carbonyl (C=O) groups is 1. The Bertz CT molecular complexity index is 2110. The number of hydrogen-bond donors (Lipinski definition) is 1. The van der Waals surface area contributed by atoms with Gasteiger partial charge in [0.15, 0.2) is 13.9 Å². The van der Waals surface area contributed by atoms with Crippen LogP contribution in [0, 0.1) is 17.9 Å². The predicted octanol–water partition coefficient (Wildman–Crippen LogP) is 11.6. The van der Waals surface area contributed by atoms with Crippen LogP contribution in [0.3, 0.4) is 0 Å². The smallest absolute Gasteiger partial charge is 0.162 e. The van der Waals surface area contributed by atoms with Gasteiger partial charge < -0.3 is 5.11 Å². The summed E-state index contributed by atoms with van der Waals surface area (Å²) in [6, 6.07) is 42.7. The van der Waals surface area contributed by atoms with Crippen LogP contribution in [0.15, 0.2) is 121 Å². The second-order valence-corrected chi connectivity index (χ2v) is 20.7. The first-order chi connectivity index (χ1) is 25.5. The van der Waals surface area contributed by atoms with Crippen LogP contribution in [0.1, 0.15) is 86.6 Å². The van der Waals surface area contributed by atoms with E-state index < -0.39 is 8.07 Å². The van der Waals surface area contributed by atoms with Crippen LogP contribution in [0.4, 0.5) is 0 Å². The molecule has 0 amide bonds. The minimum atomic E-state index is -2.21. The van der Waals surface area contributed by atoms with Crippen LogP contribution < -0.4 is 14.9 Å². The second kappa shape index (κ2) is 19.3. The van der Waals surface area contributed by atoms with Crippen molar-refractivity contribution in [1.82, 2.24) is 4.98 Å². The maximum absolute atomic E-state index is 11.7. The van der Waals surface area contributed by atoms with Crippen LogP contribution in [0.25, 0.3) is 32.1 Å². The Morgan fingerprint density at radius 1 is 0.796 bits per heavy atom. The van der Waals surface area contributed by atoms with Gasteiger partial charge in [0.2, 0.25) is 0 Å². The van der Waals surface area contributed by atoms with E-state index in [1.165, 1.54) is 42.0 Å². The Kier molecular flexibility index (Phi) is 15.4. The molecule has 0 atom stereocenters. The molecule has 0 aliphatic rings. The van der Waals surface area contributed by atoms with Crippen LogP contribution in [0.2, 0.25) is 6.04 Å². The summed E-state index contributed by atoms with van der Waals surface area (Å²) < 4.78 is 2.74. The Hall–Kier alpha value is -3.67. The van der Waals surface area contributed by atoms with Gasteiger partial charge in [0.1, 0.15) is 0 Å². The second-order valence-electron chi connectivity index (χ2n) is 15.1. The fraction of sp³-hybridized carbons (Fsp3) is 0.333. The van der Waals surface area contributed by atoms with Crippen LogP contribution in [-0.2, 0) is 30.3 Å². The average molecular weight is 931 g/mol. The number of carbonyl (C=O) groups excluding carboxylic acids is 1. The zero-order valence-corrected chi connectivity index (χ0v) is 37.4. The molecular formula is C48H56IrNO2SSi-. The number of pyridine rings is 1. The third-order valence-electron chi connectivity index (χ3n) is 10.8. The number of nitrogens with zero attached hydrogens (tertiary/aromatic N) is 1. The molecule has 6 rings (SSSR count). The molecule has 0 aliphatic carbocycles. The Labute approximate surface area is 342 Å². The zero-order chi connectivity index (χ0) is 38.2. The minimum Gasteiger partial charge on any atom is -0.512 e. The van der Waals surface area contributed by atoms with Gasteiger partial charge in [-0.15, -0.1) is 29.1 Å². The minimum absolute atomic E-state index is 0. The molecule has 285 valence electrons. The third kappa shape index (κ3) is 9.22. The summed E-state index contributed by atoms with van der Waals surface area (Å²) in [6.45, 7) is 17.3. The molecule has 6 heteroatoms. The van der Waals surface area contributed by atoms with Gasteiger partial charge >= 0.3 is 0 Å². The molecule has 54 heavy (non-hydrogen) atoms. The van der Waals surface area contributed by atoms with E-state index in [9.17, 15) is 9.90 Å². The van der Waals surface area contributed by atoms with Gasteiger partial charge in [-0.05, 0) is 65.0 Å². The van der Waals surface area contributed by atoms with E-state index in [1.807, 2.05) is 45.2 Å². The fourth-order valence-electron chi connectivity index (χ4n) is 7.60. The van der Waals surface area contributed by atoms with Crippen LogP contribution in [0.5, 0.6) is 0 Å². The van der Waals surface area contributed by atoms with E-state index >= 15 is 0 Å². The number of rotatable bonds is 12. The largest absolute Gasteiger partial charge is 0.512 e. The average Bonchev–Trinajstić information content (AvgIpc) is 3.61. The van der Waals surface area contributed by atoms with Gasteiger partial charge in [0, 0.05) is 59.1 Å². The van der Waals surface area contributed by atoms with E-state index in [-0.39, 0.29) is 48.9 Å². The van der Waals surface area contributed by atoms with Crippen molar-refractivity contribution in [2.24, 2.45) is 11.8 Å². The molecule has 0 fully saturated rings. The number of hydrogen-bond acceptors (Lipinski definition) is 4. The van der Waals surface area contributed by atoms with E-state index in [0.717, 1.165) is 48.4 Å². The quantitative estimate of drug-likeness (QED) is 0.0576. The molecule has 0 bridgehead atoms. The topological polar surface area (TPSA) is 50.2 Å². The molecule has 6 aromatic rings. The molecule has 2 heterocycles. The fourth-order valence-corrected chi connectivity index (χ4v) is 14.6. The number of fused-ring (bicyclic) bond motifs is 2.